The molecule has 0 fully saturated rings. The van der Waals surface area contributed by atoms with E-state index in [4.69, 9.17) is 15.6 Å². The van der Waals surface area contributed by atoms with Gasteiger partial charge in [-0.25, -0.2) is 4.21 Å². The Balaban J connectivity index is 2.04. The lowest BCUT2D eigenvalue weighted by Gasteiger charge is -2.12. The lowest BCUT2D eigenvalue weighted by molar-refractivity contribution is -0.136. The monoisotopic (exact) mass is 360 g/mol. The minimum absolute atomic E-state index is 0.0143. The SMILES string of the molecule is COc1ccc2c(c1)c(CCC(=O)O)cn2S(=O)C1=CCC(N)C=C1. The summed E-state index contributed by atoms with van der Waals surface area (Å²) in [7, 11) is 0.163. The number of fused-ring (bicyclic) bond motifs is 1. The van der Waals surface area contributed by atoms with E-state index in [2.05, 4.69) is 0 Å². The van der Waals surface area contributed by atoms with Crippen LogP contribution in [0.2, 0.25) is 0 Å². The van der Waals surface area contributed by atoms with Crippen molar-refractivity contribution < 1.29 is 18.8 Å². The Morgan fingerprint density at radius 1 is 1.48 bits per heavy atom. The molecule has 132 valence electrons. The van der Waals surface area contributed by atoms with E-state index >= 15 is 0 Å². The van der Waals surface area contributed by atoms with E-state index in [1.807, 2.05) is 24.3 Å². The van der Waals surface area contributed by atoms with Crippen LogP contribution in [0.1, 0.15) is 18.4 Å². The molecule has 1 aliphatic rings. The van der Waals surface area contributed by atoms with Crippen LogP contribution in [-0.2, 0) is 22.2 Å². The Hall–Kier alpha value is -2.38. The molecule has 0 bridgehead atoms. The molecule has 6 nitrogen and oxygen atoms in total. The molecule has 0 radical (unpaired) electrons. The number of aliphatic carboxylic acids is 1. The number of methoxy groups -OCH3 is 1. The number of hydrogen-bond acceptors (Lipinski definition) is 4. The minimum Gasteiger partial charge on any atom is -0.497 e. The molecule has 0 aliphatic heterocycles. The summed E-state index contributed by atoms with van der Waals surface area (Å²) in [5.41, 5.74) is 7.44. The first-order valence-corrected chi connectivity index (χ1v) is 9.06. The van der Waals surface area contributed by atoms with Gasteiger partial charge >= 0.3 is 5.97 Å². The number of rotatable bonds is 6. The van der Waals surface area contributed by atoms with Gasteiger partial charge in [0.25, 0.3) is 0 Å². The van der Waals surface area contributed by atoms with E-state index in [0.29, 0.717) is 23.5 Å². The normalized spacial score (nSPS) is 18.2. The number of carboxylic acids is 1. The van der Waals surface area contributed by atoms with Crippen molar-refractivity contribution in [3.8, 4) is 5.75 Å². The smallest absolute Gasteiger partial charge is 0.303 e. The zero-order valence-electron chi connectivity index (χ0n) is 13.8. The van der Waals surface area contributed by atoms with Crippen molar-refractivity contribution in [1.29, 1.82) is 0 Å². The van der Waals surface area contributed by atoms with Crippen molar-refractivity contribution in [2.75, 3.05) is 7.11 Å². The van der Waals surface area contributed by atoms with Gasteiger partial charge in [0.2, 0.25) is 0 Å². The molecule has 1 aliphatic carbocycles. The summed E-state index contributed by atoms with van der Waals surface area (Å²) in [6.45, 7) is 0. The number of aromatic nitrogens is 1. The van der Waals surface area contributed by atoms with Crippen molar-refractivity contribution >= 4 is 27.9 Å². The average molecular weight is 360 g/mol. The summed E-state index contributed by atoms with van der Waals surface area (Å²) in [5, 5.41) is 9.82. The molecule has 0 saturated carbocycles. The molecule has 25 heavy (non-hydrogen) atoms. The highest BCUT2D eigenvalue weighted by Gasteiger charge is 2.17. The van der Waals surface area contributed by atoms with Crippen LogP contribution >= 0.6 is 0 Å². The van der Waals surface area contributed by atoms with Gasteiger partial charge in [-0.3, -0.25) is 8.77 Å². The number of ether oxygens (including phenoxy) is 1. The third kappa shape index (κ3) is 3.67. The van der Waals surface area contributed by atoms with Crippen molar-refractivity contribution in [1.82, 2.24) is 3.97 Å². The Bertz CT molecular complexity index is 898. The van der Waals surface area contributed by atoms with Crippen molar-refractivity contribution in [2.24, 2.45) is 5.73 Å². The zero-order chi connectivity index (χ0) is 18.0. The largest absolute Gasteiger partial charge is 0.497 e. The molecule has 3 rings (SSSR count). The van der Waals surface area contributed by atoms with Crippen LogP contribution in [0.15, 0.2) is 47.5 Å². The number of aryl methyl sites for hydroxylation is 1. The molecular formula is C18H20N2O4S. The lowest BCUT2D eigenvalue weighted by Crippen LogP contribution is -2.19. The molecule has 2 aromatic rings. The van der Waals surface area contributed by atoms with E-state index in [9.17, 15) is 9.00 Å². The molecule has 2 unspecified atom stereocenters. The van der Waals surface area contributed by atoms with Gasteiger partial charge in [-0.2, -0.15) is 0 Å². The lowest BCUT2D eigenvalue weighted by atomic mass is 10.1. The van der Waals surface area contributed by atoms with Gasteiger partial charge in [-0.15, -0.1) is 0 Å². The number of nitrogens with two attached hydrogens (primary N) is 1. The van der Waals surface area contributed by atoms with Gasteiger partial charge in [-0.05, 0) is 42.7 Å². The van der Waals surface area contributed by atoms with Crippen LogP contribution < -0.4 is 10.5 Å². The second kappa shape index (κ2) is 7.25. The molecule has 2 atom stereocenters. The third-order valence-electron chi connectivity index (χ3n) is 4.15. The highest BCUT2D eigenvalue weighted by atomic mass is 32.2. The van der Waals surface area contributed by atoms with Crippen LogP contribution in [0.25, 0.3) is 10.9 Å². The Labute approximate surface area is 148 Å². The summed E-state index contributed by atoms with van der Waals surface area (Å²) < 4.78 is 19.9. The fourth-order valence-corrected chi connectivity index (χ4v) is 4.03. The third-order valence-corrected chi connectivity index (χ3v) is 5.51. The van der Waals surface area contributed by atoms with Gasteiger partial charge in [0.1, 0.15) is 5.75 Å². The van der Waals surface area contributed by atoms with E-state index in [1.165, 1.54) is 0 Å². The molecule has 0 amide bonds. The number of nitrogens with zero attached hydrogens (tertiary/aromatic N) is 1. The summed E-state index contributed by atoms with van der Waals surface area (Å²) in [4.78, 5) is 11.6. The second-order valence-corrected chi connectivity index (χ2v) is 7.23. The quantitative estimate of drug-likeness (QED) is 0.825. The van der Waals surface area contributed by atoms with Crippen LogP contribution in [0.5, 0.6) is 5.75 Å². The van der Waals surface area contributed by atoms with Gasteiger partial charge in [-0.1, -0.05) is 12.2 Å². The maximum Gasteiger partial charge on any atom is 0.303 e. The van der Waals surface area contributed by atoms with Crippen LogP contribution in [-0.4, -0.2) is 32.4 Å². The van der Waals surface area contributed by atoms with Crippen LogP contribution in [0.3, 0.4) is 0 Å². The molecule has 1 aromatic carbocycles. The predicted molar refractivity (Wildman–Crippen MR) is 97.8 cm³/mol. The Morgan fingerprint density at radius 3 is 2.92 bits per heavy atom. The van der Waals surface area contributed by atoms with E-state index in [-0.39, 0.29) is 12.5 Å². The molecule has 1 aromatic heterocycles. The maximum atomic E-state index is 13.0. The summed E-state index contributed by atoms with van der Waals surface area (Å²) in [6, 6.07) is 5.45. The fourth-order valence-electron chi connectivity index (χ4n) is 2.81. The zero-order valence-corrected chi connectivity index (χ0v) is 14.7. The number of carboxylic acid groups (broad SMARTS) is 1. The van der Waals surface area contributed by atoms with Gasteiger partial charge in [0.05, 0.1) is 17.5 Å². The fraction of sp³-hybridized carbons (Fsp3) is 0.278. The molecule has 0 spiro atoms. The van der Waals surface area contributed by atoms with Gasteiger partial charge < -0.3 is 15.6 Å². The standard InChI is InChI=1S/C18H20N2O4S/c1-24-14-5-8-17-16(10-14)12(2-9-18(21)22)11-20(17)25(23)15-6-3-13(19)4-7-15/h3,5-8,10-11,13H,2,4,9,19H2,1H3,(H,21,22). The summed E-state index contributed by atoms with van der Waals surface area (Å²) in [5.74, 6) is -0.188. The van der Waals surface area contributed by atoms with Gasteiger partial charge in [0, 0.05) is 24.0 Å². The first-order valence-electron chi connectivity index (χ1n) is 7.95. The first-order chi connectivity index (χ1) is 12.0. The van der Waals surface area contributed by atoms with Crippen LogP contribution in [0, 0.1) is 0 Å². The van der Waals surface area contributed by atoms with Crippen molar-refractivity contribution in [3.05, 3.63) is 53.1 Å². The first kappa shape index (κ1) is 17.4. The molecule has 3 N–H and O–H groups in total. The second-order valence-electron chi connectivity index (χ2n) is 5.87. The predicted octanol–water partition coefficient (Wildman–Crippen LogP) is 2.35. The number of hydrogen-bond donors (Lipinski definition) is 2. The van der Waals surface area contributed by atoms with Gasteiger partial charge in [0.15, 0.2) is 11.0 Å². The topological polar surface area (TPSA) is 94.5 Å². The highest BCUT2D eigenvalue weighted by Crippen LogP contribution is 2.29. The van der Waals surface area contributed by atoms with E-state index < -0.39 is 17.0 Å². The Morgan fingerprint density at radius 2 is 2.28 bits per heavy atom. The van der Waals surface area contributed by atoms with E-state index in [1.54, 1.807) is 29.4 Å². The summed E-state index contributed by atoms with van der Waals surface area (Å²) >= 11 is 0. The number of allylic oxidation sites excluding steroid dienone is 1. The molecule has 1 heterocycles. The number of benzene rings is 1. The summed E-state index contributed by atoms with van der Waals surface area (Å²) in [6.07, 6.45) is 8.31. The maximum absolute atomic E-state index is 13.0. The Kier molecular flexibility index (Phi) is 5.06. The molecular weight excluding hydrogens is 340 g/mol. The van der Waals surface area contributed by atoms with E-state index in [0.717, 1.165) is 16.5 Å². The number of carbonyl (C=O) groups is 1. The average Bonchev–Trinajstić information content (AvgIpc) is 2.97. The minimum atomic E-state index is -1.41. The molecule has 0 saturated heterocycles. The van der Waals surface area contributed by atoms with Crippen LogP contribution in [0.4, 0.5) is 0 Å². The highest BCUT2D eigenvalue weighted by molar-refractivity contribution is 7.87. The molecule has 7 heteroatoms. The van der Waals surface area contributed by atoms with Crippen molar-refractivity contribution in [2.45, 2.75) is 25.3 Å². The van der Waals surface area contributed by atoms with Crippen molar-refractivity contribution in [3.63, 3.8) is 0 Å².